The van der Waals surface area contributed by atoms with E-state index in [0.717, 1.165) is 18.6 Å². The highest BCUT2D eigenvalue weighted by molar-refractivity contribution is 7.99. The summed E-state index contributed by atoms with van der Waals surface area (Å²) >= 11 is 1.76. The Morgan fingerprint density at radius 1 is 1.27 bits per heavy atom. The Morgan fingerprint density at radius 3 is 2.69 bits per heavy atom. The molecule has 1 saturated heterocycles. The fraction of sp³-hybridized carbons (Fsp3) is 0.600. The van der Waals surface area contributed by atoms with Gasteiger partial charge in [-0.05, 0) is 58.1 Å². The molecule has 4 atom stereocenters. The fourth-order valence-corrected chi connectivity index (χ4v) is 4.77. The van der Waals surface area contributed by atoms with Crippen molar-refractivity contribution in [3.63, 3.8) is 0 Å². The number of benzene rings is 1. The van der Waals surface area contributed by atoms with E-state index in [1.54, 1.807) is 11.8 Å². The third-order valence-electron chi connectivity index (χ3n) is 5.40. The summed E-state index contributed by atoms with van der Waals surface area (Å²) in [5.41, 5.74) is -1.11. The van der Waals surface area contributed by atoms with E-state index in [4.69, 9.17) is 14.5 Å². The summed E-state index contributed by atoms with van der Waals surface area (Å²) in [5.74, 6) is 0.459. The van der Waals surface area contributed by atoms with Gasteiger partial charge in [0.25, 0.3) is 0 Å². The molecule has 1 aliphatic carbocycles. The number of carbonyl (C=O) groups excluding carboxylic acids is 2. The summed E-state index contributed by atoms with van der Waals surface area (Å²) in [7, 11) is 0. The Kier molecular flexibility index (Phi) is 5.75. The standard InChI is InChI=1S/C20H26O5S/c1-14(21)11-18(22)23-19(2)10-9-15-12-17(19)24-25-20(15,3)13-26-16-7-5-4-6-8-16/h4-8,15,17H,9-13H2,1-3H3/t15?,17?,19?,20-/m0/s1. The predicted molar refractivity (Wildman–Crippen MR) is 98.7 cm³/mol. The quantitative estimate of drug-likeness (QED) is 0.323. The van der Waals surface area contributed by atoms with E-state index in [0.29, 0.717) is 12.3 Å². The molecule has 1 aromatic rings. The van der Waals surface area contributed by atoms with Crippen LogP contribution in [0.5, 0.6) is 0 Å². The number of hydrogen-bond donors (Lipinski definition) is 0. The largest absolute Gasteiger partial charge is 0.456 e. The lowest BCUT2D eigenvalue weighted by atomic mass is 9.71. The normalized spacial score (nSPS) is 33.5. The molecule has 1 aliphatic heterocycles. The van der Waals surface area contributed by atoms with Gasteiger partial charge in [-0.1, -0.05) is 18.2 Å². The van der Waals surface area contributed by atoms with Crippen molar-refractivity contribution in [3.8, 4) is 0 Å². The number of fused-ring (bicyclic) bond motifs is 2. The highest BCUT2D eigenvalue weighted by Crippen LogP contribution is 2.48. The first kappa shape index (κ1) is 19.4. The first-order valence-electron chi connectivity index (χ1n) is 9.04. The predicted octanol–water partition coefficient (Wildman–Crippen LogP) is 3.95. The van der Waals surface area contributed by atoms with E-state index < -0.39 is 11.6 Å². The number of carbonyl (C=O) groups is 2. The van der Waals surface area contributed by atoms with Gasteiger partial charge in [0.1, 0.15) is 29.5 Å². The van der Waals surface area contributed by atoms with Crippen molar-refractivity contribution in [3.05, 3.63) is 30.3 Å². The van der Waals surface area contributed by atoms with Gasteiger partial charge in [0, 0.05) is 10.6 Å². The highest BCUT2D eigenvalue weighted by atomic mass is 32.2. The molecule has 2 fully saturated rings. The SMILES string of the molecule is CC(=O)CC(=O)OC1(C)CCC2CC1OO[C@@]2(C)CSc1ccccc1. The minimum atomic E-state index is -0.739. The lowest BCUT2D eigenvalue weighted by molar-refractivity contribution is -0.441. The third-order valence-corrected chi connectivity index (χ3v) is 6.72. The molecule has 0 radical (unpaired) electrons. The second-order valence-corrected chi connectivity index (χ2v) is 8.77. The van der Waals surface area contributed by atoms with Crippen molar-refractivity contribution >= 4 is 23.5 Å². The topological polar surface area (TPSA) is 61.8 Å². The number of rotatable bonds is 6. The zero-order valence-corrected chi connectivity index (χ0v) is 16.3. The second kappa shape index (κ2) is 7.71. The summed E-state index contributed by atoms with van der Waals surface area (Å²) < 4.78 is 5.60. The third kappa shape index (κ3) is 4.30. The molecular formula is C20H26O5S. The van der Waals surface area contributed by atoms with Crippen LogP contribution in [0.1, 0.15) is 46.5 Å². The molecule has 0 N–H and O–H groups in total. The first-order valence-corrected chi connectivity index (χ1v) is 10.0. The molecule has 1 saturated carbocycles. The van der Waals surface area contributed by atoms with Crippen molar-refractivity contribution < 1.29 is 24.1 Å². The van der Waals surface area contributed by atoms with Crippen LogP contribution in [0.25, 0.3) is 0 Å². The van der Waals surface area contributed by atoms with Crippen molar-refractivity contribution in [1.29, 1.82) is 0 Å². The number of Topliss-reactive ketones (excluding diaryl/α,β-unsaturated/α-hetero) is 1. The Morgan fingerprint density at radius 2 is 2.00 bits per heavy atom. The Bertz CT molecular complexity index is 663. The Labute approximate surface area is 158 Å². The second-order valence-electron chi connectivity index (χ2n) is 7.72. The molecular weight excluding hydrogens is 352 g/mol. The minimum absolute atomic E-state index is 0.196. The van der Waals surface area contributed by atoms with Gasteiger partial charge < -0.3 is 4.74 Å². The van der Waals surface area contributed by atoms with Gasteiger partial charge in [-0.25, -0.2) is 9.78 Å². The molecule has 26 heavy (non-hydrogen) atoms. The van der Waals surface area contributed by atoms with Crippen LogP contribution in [0.3, 0.4) is 0 Å². The van der Waals surface area contributed by atoms with Gasteiger partial charge in [-0.3, -0.25) is 9.59 Å². The fourth-order valence-electron chi connectivity index (χ4n) is 3.68. The van der Waals surface area contributed by atoms with E-state index >= 15 is 0 Å². The zero-order valence-electron chi connectivity index (χ0n) is 15.5. The molecule has 6 heteroatoms. The van der Waals surface area contributed by atoms with Crippen LogP contribution in [-0.4, -0.2) is 34.8 Å². The van der Waals surface area contributed by atoms with Crippen LogP contribution in [0.2, 0.25) is 0 Å². The van der Waals surface area contributed by atoms with Gasteiger partial charge in [0.05, 0.1) is 0 Å². The highest BCUT2D eigenvalue weighted by Gasteiger charge is 2.54. The molecule has 0 aromatic heterocycles. The van der Waals surface area contributed by atoms with Crippen molar-refractivity contribution in [2.45, 2.75) is 68.7 Å². The maximum atomic E-state index is 11.9. The van der Waals surface area contributed by atoms with Crippen LogP contribution in [-0.2, 0) is 24.1 Å². The maximum Gasteiger partial charge on any atom is 0.313 e. The van der Waals surface area contributed by atoms with Crippen LogP contribution in [0.15, 0.2) is 35.2 Å². The Hall–Kier alpha value is -1.37. The van der Waals surface area contributed by atoms with Crippen molar-refractivity contribution in [1.82, 2.24) is 0 Å². The molecule has 0 amide bonds. The first-order chi connectivity index (χ1) is 12.3. The van der Waals surface area contributed by atoms with E-state index in [-0.39, 0.29) is 23.9 Å². The van der Waals surface area contributed by atoms with Gasteiger partial charge >= 0.3 is 5.97 Å². The van der Waals surface area contributed by atoms with Crippen LogP contribution in [0.4, 0.5) is 0 Å². The number of esters is 1. The molecule has 0 spiro atoms. The number of thioether (sulfide) groups is 1. The number of ether oxygens (including phenoxy) is 1. The summed E-state index contributed by atoms with van der Waals surface area (Å²) in [6, 6.07) is 10.2. The molecule has 2 bridgehead atoms. The molecule has 1 heterocycles. The van der Waals surface area contributed by atoms with E-state index in [2.05, 4.69) is 19.1 Å². The molecule has 3 rings (SSSR count). The van der Waals surface area contributed by atoms with Gasteiger partial charge in [0.15, 0.2) is 0 Å². The summed E-state index contributed by atoms with van der Waals surface area (Å²) in [6.45, 7) is 5.35. The lowest BCUT2D eigenvalue weighted by Crippen LogP contribution is -2.59. The van der Waals surface area contributed by atoms with E-state index in [1.165, 1.54) is 11.8 Å². The monoisotopic (exact) mass is 378 g/mol. The van der Waals surface area contributed by atoms with Gasteiger partial charge in [-0.2, -0.15) is 0 Å². The summed E-state index contributed by atoms with van der Waals surface area (Å²) in [6.07, 6.45) is 1.90. The van der Waals surface area contributed by atoms with Crippen LogP contribution < -0.4 is 0 Å². The van der Waals surface area contributed by atoms with Crippen molar-refractivity contribution in [2.24, 2.45) is 5.92 Å². The Balaban J connectivity index is 1.60. The molecule has 2 aliphatic rings. The lowest BCUT2D eigenvalue weighted by Gasteiger charge is -2.51. The van der Waals surface area contributed by atoms with Gasteiger partial charge in [-0.15, -0.1) is 11.8 Å². The molecule has 142 valence electrons. The van der Waals surface area contributed by atoms with Gasteiger partial charge in [0.2, 0.25) is 0 Å². The molecule has 3 unspecified atom stereocenters. The average molecular weight is 378 g/mol. The van der Waals surface area contributed by atoms with E-state index in [9.17, 15) is 9.59 Å². The summed E-state index contributed by atoms with van der Waals surface area (Å²) in [4.78, 5) is 35.8. The van der Waals surface area contributed by atoms with E-state index in [1.807, 2.05) is 25.1 Å². The minimum Gasteiger partial charge on any atom is -0.456 e. The average Bonchev–Trinajstić information content (AvgIpc) is 2.59. The zero-order chi connectivity index (χ0) is 18.8. The van der Waals surface area contributed by atoms with Crippen molar-refractivity contribution in [2.75, 3.05) is 5.75 Å². The molecule has 1 aromatic carbocycles. The van der Waals surface area contributed by atoms with Crippen LogP contribution >= 0.6 is 11.8 Å². The molecule has 5 nitrogen and oxygen atoms in total. The van der Waals surface area contributed by atoms with Crippen LogP contribution in [0, 0.1) is 5.92 Å². The number of hydrogen-bond acceptors (Lipinski definition) is 6. The smallest absolute Gasteiger partial charge is 0.313 e. The maximum absolute atomic E-state index is 11.9. The summed E-state index contributed by atoms with van der Waals surface area (Å²) in [5, 5.41) is 0. The number of ketones is 1.